The molecule has 1 aromatic rings. The van der Waals surface area contributed by atoms with Crippen LogP contribution < -0.4 is 0 Å². The lowest BCUT2D eigenvalue weighted by Gasteiger charge is -2.35. The molecular formula is C14H15BrClNO3. The zero-order valence-electron chi connectivity index (χ0n) is 10.8. The van der Waals surface area contributed by atoms with Crippen molar-refractivity contribution in [3.63, 3.8) is 0 Å². The minimum absolute atomic E-state index is 0.00397. The van der Waals surface area contributed by atoms with Crippen molar-refractivity contribution in [2.45, 2.75) is 31.7 Å². The molecule has 20 heavy (non-hydrogen) atoms. The Morgan fingerprint density at radius 3 is 2.80 bits per heavy atom. The van der Waals surface area contributed by atoms with Crippen LogP contribution in [0.3, 0.4) is 0 Å². The van der Waals surface area contributed by atoms with Gasteiger partial charge in [-0.25, -0.2) is 0 Å². The third-order valence-electron chi connectivity index (χ3n) is 3.46. The summed E-state index contributed by atoms with van der Waals surface area (Å²) in [6.45, 7) is 0.602. The molecule has 6 heteroatoms. The highest BCUT2D eigenvalue weighted by Crippen LogP contribution is 2.26. The number of piperidine rings is 1. The molecule has 1 amide bonds. The van der Waals surface area contributed by atoms with Gasteiger partial charge < -0.3 is 10.0 Å². The normalized spacial score (nSPS) is 18.9. The van der Waals surface area contributed by atoms with Gasteiger partial charge in [-0.15, -0.1) is 0 Å². The average molecular weight is 361 g/mol. The lowest BCUT2D eigenvalue weighted by molar-refractivity contribution is -0.138. The molecule has 0 spiro atoms. The second-order valence-electron chi connectivity index (χ2n) is 4.87. The molecule has 1 fully saturated rings. The lowest BCUT2D eigenvalue weighted by atomic mass is 9.98. The van der Waals surface area contributed by atoms with Crippen molar-refractivity contribution in [1.29, 1.82) is 0 Å². The second-order valence-corrected chi connectivity index (χ2v) is 6.14. The fraction of sp³-hybridized carbons (Fsp3) is 0.429. The lowest BCUT2D eigenvalue weighted by Crippen LogP contribution is -2.44. The number of nitrogens with zero attached hydrogens (tertiary/aromatic N) is 1. The molecule has 1 aromatic carbocycles. The summed E-state index contributed by atoms with van der Waals surface area (Å²) < 4.78 is 0.733. The maximum Gasteiger partial charge on any atom is 0.305 e. The molecule has 0 saturated carbocycles. The Labute approximate surface area is 130 Å². The van der Waals surface area contributed by atoms with E-state index < -0.39 is 5.97 Å². The molecule has 0 bridgehead atoms. The van der Waals surface area contributed by atoms with Crippen LogP contribution in [0, 0.1) is 0 Å². The largest absolute Gasteiger partial charge is 0.481 e. The van der Waals surface area contributed by atoms with E-state index in [1.807, 2.05) is 0 Å². The minimum atomic E-state index is -0.872. The van der Waals surface area contributed by atoms with Gasteiger partial charge in [-0.3, -0.25) is 9.59 Å². The number of carbonyl (C=O) groups excluding carboxylic acids is 1. The summed E-state index contributed by atoms with van der Waals surface area (Å²) >= 11 is 9.29. The Kier molecular flexibility index (Phi) is 5.05. The van der Waals surface area contributed by atoms with Crippen LogP contribution in [-0.2, 0) is 4.79 Å². The average Bonchev–Trinajstić information content (AvgIpc) is 2.41. The van der Waals surface area contributed by atoms with Gasteiger partial charge >= 0.3 is 5.97 Å². The summed E-state index contributed by atoms with van der Waals surface area (Å²) in [4.78, 5) is 25.1. The van der Waals surface area contributed by atoms with Crippen molar-refractivity contribution in [3.05, 3.63) is 33.3 Å². The topological polar surface area (TPSA) is 57.6 Å². The molecule has 4 nitrogen and oxygen atoms in total. The van der Waals surface area contributed by atoms with Crippen LogP contribution >= 0.6 is 27.5 Å². The van der Waals surface area contributed by atoms with Gasteiger partial charge in [-0.05, 0) is 53.4 Å². The summed E-state index contributed by atoms with van der Waals surface area (Å²) in [7, 11) is 0. The van der Waals surface area contributed by atoms with Crippen LogP contribution in [0.25, 0.3) is 0 Å². The third kappa shape index (κ3) is 3.52. The number of hydrogen-bond donors (Lipinski definition) is 1. The molecule has 1 saturated heterocycles. The fourth-order valence-electron chi connectivity index (χ4n) is 2.48. The van der Waals surface area contributed by atoms with Crippen LogP contribution in [0.4, 0.5) is 0 Å². The summed E-state index contributed by atoms with van der Waals surface area (Å²) in [5.41, 5.74) is 0.496. The number of carbonyl (C=O) groups is 2. The fourth-order valence-corrected chi connectivity index (χ4v) is 2.90. The van der Waals surface area contributed by atoms with Crippen LogP contribution in [0.2, 0.25) is 5.02 Å². The first-order chi connectivity index (χ1) is 9.49. The van der Waals surface area contributed by atoms with E-state index >= 15 is 0 Å². The number of rotatable bonds is 3. The standard InChI is InChI=1S/C14H15BrClNO3/c15-11-5-4-9(7-12(11)16)14(20)17-6-2-1-3-10(17)8-13(18)19/h4-5,7,10H,1-3,6,8H2,(H,18,19). The van der Waals surface area contributed by atoms with Crippen molar-refractivity contribution in [1.82, 2.24) is 4.90 Å². The zero-order chi connectivity index (χ0) is 14.7. The van der Waals surface area contributed by atoms with Gasteiger partial charge in [0.15, 0.2) is 0 Å². The highest BCUT2D eigenvalue weighted by Gasteiger charge is 2.29. The molecule has 1 aliphatic rings. The number of hydrogen-bond acceptors (Lipinski definition) is 2. The van der Waals surface area contributed by atoms with Gasteiger partial charge in [0.05, 0.1) is 11.4 Å². The van der Waals surface area contributed by atoms with E-state index in [4.69, 9.17) is 16.7 Å². The maximum absolute atomic E-state index is 12.5. The predicted octanol–water partition coefficient (Wildman–Crippen LogP) is 3.57. The Bertz CT molecular complexity index is 535. The van der Waals surface area contributed by atoms with Crippen LogP contribution in [0.5, 0.6) is 0 Å². The van der Waals surface area contributed by atoms with Crippen LogP contribution in [-0.4, -0.2) is 34.5 Å². The monoisotopic (exact) mass is 359 g/mol. The number of carboxylic acid groups (broad SMARTS) is 1. The maximum atomic E-state index is 12.5. The first kappa shape index (κ1) is 15.3. The summed E-state index contributed by atoms with van der Waals surface area (Å²) in [6, 6.07) is 4.81. The number of aliphatic carboxylic acids is 1. The van der Waals surface area contributed by atoms with Crippen molar-refractivity contribution < 1.29 is 14.7 Å². The van der Waals surface area contributed by atoms with E-state index in [0.717, 1.165) is 23.7 Å². The van der Waals surface area contributed by atoms with Crippen molar-refractivity contribution >= 4 is 39.4 Å². The highest BCUT2D eigenvalue weighted by atomic mass is 79.9. The van der Waals surface area contributed by atoms with E-state index in [0.29, 0.717) is 17.1 Å². The Hall–Kier alpha value is -1.07. The van der Waals surface area contributed by atoms with Crippen LogP contribution in [0.1, 0.15) is 36.0 Å². The van der Waals surface area contributed by atoms with Crippen molar-refractivity contribution in [2.24, 2.45) is 0 Å². The van der Waals surface area contributed by atoms with Crippen LogP contribution in [0.15, 0.2) is 22.7 Å². The Balaban J connectivity index is 2.20. The van der Waals surface area contributed by atoms with E-state index in [2.05, 4.69) is 15.9 Å². The molecule has 0 aliphatic carbocycles. The van der Waals surface area contributed by atoms with Gasteiger partial charge in [0.2, 0.25) is 0 Å². The molecular weight excluding hydrogens is 346 g/mol. The van der Waals surface area contributed by atoms with E-state index in [1.165, 1.54) is 0 Å². The third-order valence-corrected chi connectivity index (χ3v) is 4.70. The van der Waals surface area contributed by atoms with Crippen molar-refractivity contribution in [2.75, 3.05) is 6.54 Å². The van der Waals surface area contributed by atoms with Gasteiger partial charge in [0.1, 0.15) is 0 Å². The summed E-state index contributed by atoms with van der Waals surface area (Å²) in [5.74, 6) is -1.02. The van der Waals surface area contributed by atoms with Gasteiger partial charge in [-0.2, -0.15) is 0 Å². The number of benzene rings is 1. The molecule has 0 radical (unpaired) electrons. The molecule has 1 heterocycles. The first-order valence-corrected chi connectivity index (χ1v) is 7.64. The number of amides is 1. The Morgan fingerprint density at radius 2 is 2.15 bits per heavy atom. The molecule has 108 valence electrons. The number of carboxylic acids is 1. The predicted molar refractivity (Wildman–Crippen MR) is 80.1 cm³/mol. The molecule has 1 unspecified atom stereocenters. The van der Waals surface area contributed by atoms with Gasteiger partial charge in [-0.1, -0.05) is 11.6 Å². The van der Waals surface area contributed by atoms with Gasteiger partial charge in [0, 0.05) is 22.6 Å². The SMILES string of the molecule is O=C(O)CC1CCCCN1C(=O)c1ccc(Br)c(Cl)c1. The molecule has 1 atom stereocenters. The molecule has 1 N–H and O–H groups in total. The smallest absolute Gasteiger partial charge is 0.305 e. The first-order valence-electron chi connectivity index (χ1n) is 6.47. The van der Waals surface area contributed by atoms with E-state index in [-0.39, 0.29) is 18.4 Å². The summed E-state index contributed by atoms with van der Waals surface area (Å²) in [5, 5.41) is 9.43. The number of likely N-dealkylation sites (tertiary alicyclic amines) is 1. The molecule has 0 aromatic heterocycles. The Morgan fingerprint density at radius 1 is 1.40 bits per heavy atom. The highest BCUT2D eigenvalue weighted by molar-refractivity contribution is 9.10. The minimum Gasteiger partial charge on any atom is -0.481 e. The molecule has 2 rings (SSSR count). The summed E-state index contributed by atoms with van der Waals surface area (Å²) in [6.07, 6.45) is 2.60. The van der Waals surface area contributed by atoms with Crippen molar-refractivity contribution in [3.8, 4) is 0 Å². The molecule has 1 aliphatic heterocycles. The van der Waals surface area contributed by atoms with Gasteiger partial charge in [0.25, 0.3) is 5.91 Å². The van der Waals surface area contributed by atoms with E-state index in [9.17, 15) is 9.59 Å². The van der Waals surface area contributed by atoms with E-state index in [1.54, 1.807) is 23.1 Å². The quantitative estimate of drug-likeness (QED) is 0.896. The zero-order valence-corrected chi connectivity index (χ0v) is 13.2. The number of halogens is 2. The second kappa shape index (κ2) is 6.59.